The van der Waals surface area contributed by atoms with Gasteiger partial charge in [0.25, 0.3) is 5.91 Å². The number of rotatable bonds is 11. The molecule has 5 rings (SSSR count). The molecule has 3 aromatic carbocycles. The number of nitrogens with zero attached hydrogens (tertiary/aromatic N) is 3. The van der Waals surface area contributed by atoms with Gasteiger partial charge < -0.3 is 24.3 Å². The van der Waals surface area contributed by atoms with E-state index >= 15 is 0 Å². The summed E-state index contributed by atoms with van der Waals surface area (Å²) in [7, 11) is 1.58. The van der Waals surface area contributed by atoms with Crippen LogP contribution in [-0.4, -0.2) is 52.9 Å². The van der Waals surface area contributed by atoms with Gasteiger partial charge in [-0.1, -0.05) is 12.1 Å². The first-order chi connectivity index (χ1) is 22.6. The van der Waals surface area contributed by atoms with Crippen LogP contribution in [0.25, 0.3) is 22.0 Å². The van der Waals surface area contributed by atoms with Crippen LogP contribution in [0.5, 0.6) is 17.4 Å². The number of para-hydroxylation sites is 2. The average Bonchev–Trinajstić information content (AvgIpc) is 3.05. The van der Waals surface area contributed by atoms with Crippen LogP contribution in [0.15, 0.2) is 85.3 Å². The fraction of sp³-hybridized carbons (Fsp3) is 0.250. The fourth-order valence-electron chi connectivity index (χ4n) is 4.65. The zero-order valence-electron chi connectivity index (χ0n) is 27.0. The Hall–Kier alpha value is -5.71. The molecule has 0 saturated carbocycles. The normalized spacial score (nSPS) is 11.1. The van der Waals surface area contributed by atoms with Gasteiger partial charge in [-0.25, -0.2) is 19.7 Å². The summed E-state index contributed by atoms with van der Waals surface area (Å²) in [6.45, 7) is 8.09. The molecule has 0 fully saturated rings. The Morgan fingerprint density at radius 2 is 1.53 bits per heavy atom. The number of carbonyl (C=O) groups excluding carboxylic acids is 2. The second-order valence-corrected chi connectivity index (χ2v) is 11.6. The van der Waals surface area contributed by atoms with Crippen molar-refractivity contribution in [3.63, 3.8) is 0 Å². The van der Waals surface area contributed by atoms with Crippen molar-refractivity contribution in [3.05, 3.63) is 96.6 Å². The van der Waals surface area contributed by atoms with Gasteiger partial charge in [0, 0.05) is 40.9 Å². The summed E-state index contributed by atoms with van der Waals surface area (Å²) in [5.74, 6) is 1.48. The van der Waals surface area contributed by atoms with Crippen molar-refractivity contribution in [2.45, 2.75) is 39.7 Å². The highest BCUT2D eigenvalue weighted by Crippen LogP contribution is 2.33. The van der Waals surface area contributed by atoms with Gasteiger partial charge >= 0.3 is 6.09 Å². The molecule has 0 aliphatic heterocycles. The molecule has 0 aliphatic rings. The van der Waals surface area contributed by atoms with Crippen LogP contribution < -0.4 is 24.8 Å². The van der Waals surface area contributed by atoms with Crippen LogP contribution in [-0.2, 0) is 4.74 Å². The summed E-state index contributed by atoms with van der Waals surface area (Å²) in [6, 6.07) is 21.5. The van der Waals surface area contributed by atoms with Crippen molar-refractivity contribution in [2.24, 2.45) is 0 Å². The first-order valence-corrected chi connectivity index (χ1v) is 15.1. The number of methoxy groups -OCH3 is 1. The maximum Gasteiger partial charge on any atom is 0.412 e. The van der Waals surface area contributed by atoms with E-state index in [4.69, 9.17) is 18.9 Å². The van der Waals surface area contributed by atoms with E-state index in [1.807, 2.05) is 31.2 Å². The third kappa shape index (κ3) is 8.72. The molecule has 2 N–H and O–H groups in total. The van der Waals surface area contributed by atoms with E-state index in [-0.39, 0.29) is 5.91 Å². The molecule has 0 unspecified atom stereocenters. The van der Waals surface area contributed by atoms with Crippen LogP contribution >= 0.6 is 0 Å². The molecular weight excluding hydrogens is 598 g/mol. The zero-order chi connectivity index (χ0) is 33.4. The molecule has 0 saturated heterocycles. The quantitative estimate of drug-likeness (QED) is 0.142. The Bertz CT molecular complexity index is 1850. The lowest BCUT2D eigenvalue weighted by Crippen LogP contribution is -2.27. The molecule has 0 bridgehead atoms. The molecule has 11 heteroatoms. The highest BCUT2D eigenvalue weighted by atomic mass is 16.6. The van der Waals surface area contributed by atoms with E-state index in [0.717, 1.165) is 27.7 Å². The van der Waals surface area contributed by atoms with Gasteiger partial charge in [-0.3, -0.25) is 10.1 Å². The average molecular weight is 636 g/mol. The summed E-state index contributed by atoms with van der Waals surface area (Å²) in [5, 5.41) is 6.43. The SMILES string of the molecule is COc1ccc(-c2cc(OCCCOc3ccc(C(=O)Nc4ccccc4NC(=O)OC(C)(C)C)cc3)c3ncnc(C)c3c2)cn1. The van der Waals surface area contributed by atoms with Crippen LogP contribution in [0, 0.1) is 6.92 Å². The molecule has 5 aromatic rings. The van der Waals surface area contributed by atoms with Gasteiger partial charge in [-0.15, -0.1) is 0 Å². The van der Waals surface area contributed by atoms with Crippen molar-refractivity contribution in [1.82, 2.24) is 15.0 Å². The Kier molecular flexibility index (Phi) is 10.1. The van der Waals surface area contributed by atoms with E-state index in [1.54, 1.807) is 82.6 Å². The molecule has 2 aromatic heterocycles. The maximum atomic E-state index is 13.0. The lowest BCUT2D eigenvalue weighted by atomic mass is 10.0. The van der Waals surface area contributed by atoms with Gasteiger partial charge in [0.1, 0.15) is 28.9 Å². The monoisotopic (exact) mass is 635 g/mol. The van der Waals surface area contributed by atoms with Gasteiger partial charge in [0.15, 0.2) is 0 Å². The van der Waals surface area contributed by atoms with Crippen molar-refractivity contribution >= 4 is 34.3 Å². The smallest absolute Gasteiger partial charge is 0.412 e. The Morgan fingerprint density at radius 1 is 0.809 bits per heavy atom. The predicted molar refractivity (Wildman–Crippen MR) is 180 cm³/mol. The molecule has 2 heterocycles. The van der Waals surface area contributed by atoms with Crippen LogP contribution in [0.4, 0.5) is 16.2 Å². The molecule has 242 valence electrons. The van der Waals surface area contributed by atoms with E-state index in [1.165, 1.54) is 6.33 Å². The number of benzene rings is 3. The lowest BCUT2D eigenvalue weighted by Gasteiger charge is -2.20. The van der Waals surface area contributed by atoms with Crippen molar-refractivity contribution < 1.29 is 28.5 Å². The highest BCUT2D eigenvalue weighted by molar-refractivity contribution is 6.07. The molecule has 2 amide bonds. The number of ether oxygens (including phenoxy) is 4. The first kappa shape index (κ1) is 32.7. The maximum absolute atomic E-state index is 13.0. The largest absolute Gasteiger partial charge is 0.493 e. The van der Waals surface area contributed by atoms with Crippen molar-refractivity contribution in [2.75, 3.05) is 31.0 Å². The van der Waals surface area contributed by atoms with Crippen LogP contribution in [0.2, 0.25) is 0 Å². The highest BCUT2D eigenvalue weighted by Gasteiger charge is 2.18. The molecule has 11 nitrogen and oxygen atoms in total. The molecule has 0 radical (unpaired) electrons. The van der Waals surface area contributed by atoms with Crippen molar-refractivity contribution in [1.29, 1.82) is 0 Å². The number of hydrogen-bond acceptors (Lipinski definition) is 9. The van der Waals surface area contributed by atoms with Crippen molar-refractivity contribution in [3.8, 4) is 28.5 Å². The second-order valence-electron chi connectivity index (χ2n) is 11.6. The number of aryl methyl sites for hydroxylation is 1. The second kappa shape index (κ2) is 14.6. The van der Waals surface area contributed by atoms with E-state index in [2.05, 4.69) is 25.6 Å². The zero-order valence-corrected chi connectivity index (χ0v) is 27.0. The number of hydrogen-bond donors (Lipinski definition) is 2. The first-order valence-electron chi connectivity index (χ1n) is 15.1. The minimum absolute atomic E-state index is 0.331. The number of pyridine rings is 1. The Morgan fingerprint density at radius 3 is 2.21 bits per heavy atom. The fourth-order valence-corrected chi connectivity index (χ4v) is 4.65. The standard InChI is InChI=1S/C36H37N5O6/c1-23-28-19-26(25-13-16-32(44-5)37-21-25)20-31(33(28)39-22-38-23)46-18-8-17-45-27-14-11-24(12-15-27)34(42)40-29-9-6-7-10-30(29)41-35(43)47-36(2,3)4/h6-7,9-16,19-22H,8,17-18H2,1-5H3,(H,40,42)(H,41,43). The summed E-state index contributed by atoms with van der Waals surface area (Å²) in [5.41, 5.74) is 4.11. The molecular formula is C36H37N5O6. The topological polar surface area (TPSA) is 134 Å². The van der Waals surface area contributed by atoms with Gasteiger partial charge in [0.2, 0.25) is 5.88 Å². The van der Waals surface area contributed by atoms with Crippen LogP contribution in [0.3, 0.4) is 0 Å². The summed E-state index contributed by atoms with van der Waals surface area (Å²) in [4.78, 5) is 38.3. The molecule has 0 aliphatic carbocycles. The number of amides is 2. The number of fused-ring (bicyclic) bond motifs is 1. The lowest BCUT2D eigenvalue weighted by molar-refractivity contribution is 0.0635. The molecule has 47 heavy (non-hydrogen) atoms. The third-order valence-corrected chi connectivity index (χ3v) is 6.92. The molecule has 0 atom stereocenters. The van der Waals surface area contributed by atoms with Gasteiger partial charge in [-0.05, 0) is 87.9 Å². The van der Waals surface area contributed by atoms with Gasteiger partial charge in [-0.2, -0.15) is 0 Å². The molecule has 0 spiro atoms. The predicted octanol–water partition coefficient (Wildman–Crippen LogP) is 7.46. The Balaban J connectivity index is 1.15. The number of anilines is 2. The van der Waals surface area contributed by atoms with Gasteiger partial charge in [0.05, 0.1) is 31.7 Å². The summed E-state index contributed by atoms with van der Waals surface area (Å²) in [6.07, 6.45) is 3.30. The van der Waals surface area contributed by atoms with Crippen LogP contribution in [0.1, 0.15) is 43.2 Å². The van der Waals surface area contributed by atoms with E-state index in [9.17, 15) is 9.59 Å². The minimum atomic E-state index is -0.648. The number of aromatic nitrogens is 3. The third-order valence-electron chi connectivity index (χ3n) is 6.92. The van der Waals surface area contributed by atoms with E-state index < -0.39 is 11.7 Å². The number of nitrogens with one attached hydrogen (secondary N) is 2. The minimum Gasteiger partial charge on any atom is -0.493 e. The summed E-state index contributed by atoms with van der Waals surface area (Å²) < 4.78 is 22.6. The number of carbonyl (C=O) groups is 2. The Labute approximate surface area is 273 Å². The summed E-state index contributed by atoms with van der Waals surface area (Å²) >= 11 is 0. The van der Waals surface area contributed by atoms with E-state index in [0.29, 0.717) is 54.0 Å².